The van der Waals surface area contributed by atoms with Crippen LogP contribution in [0.15, 0.2) is 60.7 Å². The van der Waals surface area contributed by atoms with Gasteiger partial charge in [0.05, 0.1) is 0 Å². The van der Waals surface area contributed by atoms with E-state index in [-0.39, 0.29) is 0 Å². The highest BCUT2D eigenvalue weighted by Gasteiger charge is 2.18. The van der Waals surface area contributed by atoms with E-state index in [1.54, 1.807) is 6.08 Å². The summed E-state index contributed by atoms with van der Waals surface area (Å²) in [7, 11) is 0. The second-order valence-electron chi connectivity index (χ2n) is 4.87. The molecule has 0 saturated heterocycles. The van der Waals surface area contributed by atoms with Crippen LogP contribution in [0, 0.1) is 0 Å². The molecule has 1 atom stereocenters. The Hall–Kier alpha value is -2.88. The van der Waals surface area contributed by atoms with Crippen molar-refractivity contribution in [1.82, 2.24) is 5.32 Å². The van der Waals surface area contributed by atoms with Crippen LogP contribution >= 0.6 is 0 Å². The second-order valence-corrected chi connectivity index (χ2v) is 4.87. The summed E-state index contributed by atoms with van der Waals surface area (Å²) in [5.74, 6) is -1.48. The summed E-state index contributed by atoms with van der Waals surface area (Å²) in [6, 6.07) is 17.7. The summed E-state index contributed by atoms with van der Waals surface area (Å²) >= 11 is 0. The Morgan fingerprint density at radius 2 is 1.55 bits per heavy atom. The molecule has 2 aromatic carbocycles. The van der Waals surface area contributed by atoms with E-state index in [0.29, 0.717) is 5.57 Å². The summed E-state index contributed by atoms with van der Waals surface area (Å²) in [4.78, 5) is 23.3. The Balaban J connectivity index is 2.36. The topological polar surface area (TPSA) is 66.4 Å². The van der Waals surface area contributed by atoms with Crippen molar-refractivity contribution < 1.29 is 14.7 Å². The Kier molecular flexibility index (Phi) is 5.09. The number of carbonyl (C=O) groups is 2. The highest BCUT2D eigenvalue weighted by atomic mass is 16.4. The van der Waals surface area contributed by atoms with Gasteiger partial charge in [-0.25, -0.2) is 0 Å². The van der Waals surface area contributed by atoms with E-state index in [1.807, 2.05) is 60.7 Å². The molecule has 2 rings (SSSR count). The average Bonchev–Trinajstić information content (AvgIpc) is 2.54. The number of carboxylic acids is 1. The molecule has 0 aliphatic heterocycles. The van der Waals surface area contributed by atoms with Crippen molar-refractivity contribution in [2.75, 3.05) is 0 Å². The lowest BCUT2D eigenvalue weighted by molar-refractivity contribution is -0.140. The normalized spacial score (nSPS) is 12.5. The number of hydrogen-bond acceptors (Lipinski definition) is 2. The molecule has 22 heavy (non-hydrogen) atoms. The molecular weight excluding hydrogens is 278 g/mol. The third-order valence-corrected chi connectivity index (χ3v) is 3.16. The van der Waals surface area contributed by atoms with Crippen LogP contribution in [-0.2, 0) is 9.59 Å². The minimum Gasteiger partial charge on any atom is -0.480 e. The number of hydrogen-bond donors (Lipinski definition) is 2. The molecule has 4 heteroatoms. The summed E-state index contributed by atoms with van der Waals surface area (Å²) in [5.41, 5.74) is 2.04. The SMILES string of the molecule is C[C@H](NC(=O)/C(=C/c1ccccc1)c1ccccc1)C(=O)O. The first-order chi connectivity index (χ1) is 10.6. The van der Waals surface area contributed by atoms with Crippen molar-refractivity contribution in [3.05, 3.63) is 71.8 Å². The molecule has 2 aromatic rings. The number of carbonyl (C=O) groups excluding carboxylic acids is 1. The van der Waals surface area contributed by atoms with Crippen LogP contribution in [0.5, 0.6) is 0 Å². The molecular formula is C18H17NO3. The van der Waals surface area contributed by atoms with Gasteiger partial charge in [0.15, 0.2) is 0 Å². The third kappa shape index (κ3) is 4.06. The fraction of sp³-hybridized carbons (Fsp3) is 0.111. The summed E-state index contributed by atoms with van der Waals surface area (Å²) < 4.78 is 0. The van der Waals surface area contributed by atoms with Crippen LogP contribution in [0.25, 0.3) is 11.6 Å². The predicted octanol–water partition coefficient (Wildman–Crippen LogP) is 2.82. The van der Waals surface area contributed by atoms with Gasteiger partial charge in [0, 0.05) is 5.57 Å². The van der Waals surface area contributed by atoms with Gasteiger partial charge in [-0.15, -0.1) is 0 Å². The van der Waals surface area contributed by atoms with Gasteiger partial charge in [-0.2, -0.15) is 0 Å². The van der Waals surface area contributed by atoms with Gasteiger partial charge in [0.2, 0.25) is 0 Å². The Labute approximate surface area is 129 Å². The van der Waals surface area contributed by atoms with E-state index in [1.165, 1.54) is 6.92 Å². The van der Waals surface area contributed by atoms with E-state index in [4.69, 9.17) is 5.11 Å². The van der Waals surface area contributed by atoms with E-state index in [0.717, 1.165) is 11.1 Å². The first-order valence-electron chi connectivity index (χ1n) is 6.94. The fourth-order valence-electron chi connectivity index (χ4n) is 1.95. The molecule has 0 radical (unpaired) electrons. The van der Waals surface area contributed by atoms with Gasteiger partial charge >= 0.3 is 5.97 Å². The lowest BCUT2D eigenvalue weighted by atomic mass is 10.0. The summed E-state index contributed by atoms with van der Waals surface area (Å²) in [6.07, 6.45) is 1.75. The highest BCUT2D eigenvalue weighted by Crippen LogP contribution is 2.18. The molecule has 1 amide bonds. The molecule has 0 bridgehead atoms. The minimum absolute atomic E-state index is 0.412. The van der Waals surface area contributed by atoms with Crippen LogP contribution in [0.2, 0.25) is 0 Å². The zero-order valence-corrected chi connectivity index (χ0v) is 12.2. The maximum atomic E-state index is 12.4. The lowest BCUT2D eigenvalue weighted by Gasteiger charge is -2.12. The van der Waals surface area contributed by atoms with Crippen LogP contribution in [0.4, 0.5) is 0 Å². The number of carboxylic acid groups (broad SMARTS) is 1. The van der Waals surface area contributed by atoms with Gasteiger partial charge in [-0.05, 0) is 24.1 Å². The van der Waals surface area contributed by atoms with Gasteiger partial charge in [0.25, 0.3) is 5.91 Å². The largest absolute Gasteiger partial charge is 0.480 e. The van der Waals surface area contributed by atoms with Crippen LogP contribution in [0.1, 0.15) is 18.1 Å². The van der Waals surface area contributed by atoms with E-state index < -0.39 is 17.9 Å². The standard InChI is InChI=1S/C18H17NO3/c1-13(18(21)22)19-17(20)16(15-10-6-3-7-11-15)12-14-8-4-2-5-9-14/h2-13H,1H3,(H,19,20)(H,21,22)/b16-12+/t13-/m0/s1. The first kappa shape index (κ1) is 15.5. The quantitative estimate of drug-likeness (QED) is 0.658. The monoisotopic (exact) mass is 295 g/mol. The number of aliphatic carboxylic acids is 1. The van der Waals surface area contributed by atoms with Gasteiger partial charge in [-0.3, -0.25) is 9.59 Å². The third-order valence-electron chi connectivity index (χ3n) is 3.16. The Morgan fingerprint density at radius 1 is 1.00 bits per heavy atom. The number of rotatable bonds is 5. The molecule has 112 valence electrons. The van der Waals surface area contributed by atoms with Gasteiger partial charge in [-0.1, -0.05) is 60.7 Å². The lowest BCUT2D eigenvalue weighted by Crippen LogP contribution is -2.38. The maximum absolute atomic E-state index is 12.4. The van der Waals surface area contributed by atoms with Gasteiger partial charge < -0.3 is 10.4 Å². The average molecular weight is 295 g/mol. The van der Waals surface area contributed by atoms with E-state index >= 15 is 0 Å². The molecule has 0 aliphatic rings. The molecule has 0 aliphatic carbocycles. The molecule has 4 nitrogen and oxygen atoms in total. The molecule has 0 saturated carbocycles. The zero-order valence-electron chi connectivity index (χ0n) is 12.2. The summed E-state index contributed by atoms with van der Waals surface area (Å²) in [6.45, 7) is 1.44. The van der Waals surface area contributed by atoms with Crippen molar-refractivity contribution in [3.8, 4) is 0 Å². The minimum atomic E-state index is -1.07. The first-order valence-corrected chi connectivity index (χ1v) is 6.94. The summed E-state index contributed by atoms with van der Waals surface area (Å²) in [5, 5.41) is 11.4. The number of amides is 1. The Bertz CT molecular complexity index is 678. The van der Waals surface area contributed by atoms with Crippen LogP contribution < -0.4 is 5.32 Å². The van der Waals surface area contributed by atoms with E-state index in [9.17, 15) is 9.59 Å². The molecule has 2 N–H and O–H groups in total. The Morgan fingerprint density at radius 3 is 2.09 bits per heavy atom. The van der Waals surface area contributed by atoms with Crippen molar-refractivity contribution in [3.63, 3.8) is 0 Å². The highest BCUT2D eigenvalue weighted by molar-refractivity contribution is 6.24. The molecule has 0 heterocycles. The maximum Gasteiger partial charge on any atom is 0.325 e. The molecule has 0 aromatic heterocycles. The number of benzene rings is 2. The number of nitrogens with one attached hydrogen (secondary N) is 1. The second kappa shape index (κ2) is 7.22. The van der Waals surface area contributed by atoms with Crippen molar-refractivity contribution in [2.45, 2.75) is 13.0 Å². The van der Waals surface area contributed by atoms with Gasteiger partial charge in [0.1, 0.15) is 6.04 Å². The molecule has 0 fully saturated rings. The molecule has 0 unspecified atom stereocenters. The van der Waals surface area contributed by atoms with Crippen LogP contribution in [-0.4, -0.2) is 23.0 Å². The van der Waals surface area contributed by atoms with Crippen LogP contribution in [0.3, 0.4) is 0 Å². The van der Waals surface area contributed by atoms with Crippen molar-refractivity contribution in [2.24, 2.45) is 0 Å². The fourth-order valence-corrected chi connectivity index (χ4v) is 1.95. The van der Waals surface area contributed by atoms with Crippen molar-refractivity contribution >= 4 is 23.5 Å². The predicted molar refractivity (Wildman–Crippen MR) is 86.0 cm³/mol. The van der Waals surface area contributed by atoms with Crippen molar-refractivity contribution in [1.29, 1.82) is 0 Å². The molecule has 0 spiro atoms. The smallest absolute Gasteiger partial charge is 0.325 e. The van der Waals surface area contributed by atoms with E-state index in [2.05, 4.69) is 5.32 Å². The zero-order chi connectivity index (χ0) is 15.9.